The lowest BCUT2D eigenvalue weighted by Crippen LogP contribution is -2.00. The van der Waals surface area contributed by atoms with E-state index in [1.54, 1.807) is 43.0 Å². The first-order valence-electron chi connectivity index (χ1n) is 6.76. The number of hydrogen-bond acceptors (Lipinski definition) is 6. The molecule has 0 aliphatic heterocycles. The van der Waals surface area contributed by atoms with Crippen LogP contribution in [0.4, 0.5) is 0 Å². The molecule has 0 aliphatic rings. The third-order valence-electron chi connectivity index (χ3n) is 3.45. The molecule has 6 nitrogen and oxygen atoms in total. The van der Waals surface area contributed by atoms with Gasteiger partial charge in [0.2, 0.25) is 5.88 Å². The summed E-state index contributed by atoms with van der Waals surface area (Å²) in [6.45, 7) is 1.34. The third-order valence-corrected chi connectivity index (χ3v) is 4.20. The van der Waals surface area contributed by atoms with E-state index in [4.69, 9.17) is 4.74 Å². The second-order valence-electron chi connectivity index (χ2n) is 4.83. The first-order valence-corrected chi connectivity index (χ1v) is 7.64. The summed E-state index contributed by atoms with van der Waals surface area (Å²) in [5, 5.41) is 22.7. The maximum absolute atomic E-state index is 12.0. The molecule has 0 aliphatic carbocycles. The molecule has 0 atom stereocenters. The quantitative estimate of drug-likeness (QED) is 0.718. The van der Waals surface area contributed by atoms with E-state index >= 15 is 0 Å². The van der Waals surface area contributed by atoms with Gasteiger partial charge in [0, 0.05) is 11.6 Å². The second kappa shape index (κ2) is 5.77. The van der Waals surface area contributed by atoms with Crippen LogP contribution in [0, 0.1) is 0 Å². The number of carbonyl (C=O) groups is 1. The summed E-state index contributed by atoms with van der Waals surface area (Å²) in [6, 6.07) is 6.99. The van der Waals surface area contributed by atoms with Gasteiger partial charge in [-0.05, 0) is 36.8 Å². The van der Waals surface area contributed by atoms with Crippen molar-refractivity contribution in [1.29, 1.82) is 0 Å². The highest BCUT2D eigenvalue weighted by atomic mass is 32.1. The molecule has 3 rings (SSSR count). The van der Waals surface area contributed by atoms with Crippen molar-refractivity contribution in [3.8, 4) is 33.8 Å². The van der Waals surface area contributed by atoms with E-state index in [1.165, 1.54) is 22.8 Å². The van der Waals surface area contributed by atoms with E-state index in [2.05, 4.69) is 4.98 Å². The van der Waals surface area contributed by atoms with Crippen molar-refractivity contribution in [2.75, 3.05) is 7.11 Å². The third kappa shape index (κ3) is 2.44. The van der Waals surface area contributed by atoms with Crippen molar-refractivity contribution in [1.82, 2.24) is 9.55 Å². The van der Waals surface area contributed by atoms with Crippen LogP contribution in [0.1, 0.15) is 17.3 Å². The summed E-state index contributed by atoms with van der Waals surface area (Å²) in [5.74, 6) is -0.535. The number of nitrogens with zero attached hydrogens (tertiary/aromatic N) is 2. The number of aromatic hydroxyl groups is 2. The molecule has 0 saturated heterocycles. The lowest BCUT2D eigenvalue weighted by molar-refractivity contribution is 0.101. The van der Waals surface area contributed by atoms with Crippen LogP contribution in [0.2, 0.25) is 0 Å². The molecule has 0 bridgehead atoms. The molecule has 0 amide bonds. The Kier molecular flexibility index (Phi) is 3.79. The number of carbonyl (C=O) groups excluding carboxylic acids is 1. The van der Waals surface area contributed by atoms with Gasteiger partial charge in [-0.25, -0.2) is 4.98 Å². The van der Waals surface area contributed by atoms with Crippen LogP contribution < -0.4 is 4.74 Å². The Morgan fingerprint density at radius 2 is 1.96 bits per heavy atom. The van der Waals surface area contributed by atoms with Gasteiger partial charge in [0.25, 0.3) is 0 Å². The summed E-state index contributed by atoms with van der Waals surface area (Å²) in [4.78, 5) is 16.1. The average molecular weight is 330 g/mol. The van der Waals surface area contributed by atoms with E-state index in [-0.39, 0.29) is 11.3 Å². The summed E-state index contributed by atoms with van der Waals surface area (Å²) >= 11 is 1.29. The zero-order valence-electron chi connectivity index (χ0n) is 12.5. The van der Waals surface area contributed by atoms with Crippen LogP contribution in [0.5, 0.6) is 17.4 Å². The molecular weight excluding hydrogens is 316 g/mol. The molecule has 118 valence electrons. The number of benzene rings is 1. The normalized spacial score (nSPS) is 10.7. The molecule has 2 heterocycles. The lowest BCUT2D eigenvalue weighted by atomic mass is 10.0. The minimum atomic E-state index is -0.446. The zero-order valence-corrected chi connectivity index (χ0v) is 13.3. The van der Waals surface area contributed by atoms with Crippen LogP contribution in [0.15, 0.2) is 35.8 Å². The Morgan fingerprint density at radius 3 is 2.48 bits per heavy atom. The van der Waals surface area contributed by atoms with Gasteiger partial charge in [0.05, 0.1) is 18.4 Å². The van der Waals surface area contributed by atoms with Crippen LogP contribution in [0.3, 0.4) is 0 Å². The van der Waals surface area contributed by atoms with Crippen molar-refractivity contribution < 1.29 is 19.7 Å². The van der Waals surface area contributed by atoms with Gasteiger partial charge in [0.15, 0.2) is 16.7 Å². The number of aromatic nitrogens is 2. The smallest absolute Gasteiger partial charge is 0.242 e. The van der Waals surface area contributed by atoms with Crippen molar-refractivity contribution in [3.63, 3.8) is 0 Å². The number of hydrogen-bond donors (Lipinski definition) is 2. The monoisotopic (exact) mass is 330 g/mol. The van der Waals surface area contributed by atoms with E-state index in [0.717, 1.165) is 0 Å². The van der Waals surface area contributed by atoms with Gasteiger partial charge >= 0.3 is 0 Å². The fourth-order valence-corrected chi connectivity index (χ4v) is 3.06. The second-order valence-corrected chi connectivity index (χ2v) is 5.70. The van der Waals surface area contributed by atoms with Gasteiger partial charge in [0.1, 0.15) is 5.75 Å². The maximum Gasteiger partial charge on any atom is 0.242 e. The molecule has 3 aromatic rings. The SMILES string of the molecule is COc1ccc(-c2c(C(C)=O)c(O)c(O)n2-c2nccs2)cc1. The van der Waals surface area contributed by atoms with Gasteiger partial charge in [-0.3, -0.25) is 9.36 Å². The Labute approximate surface area is 136 Å². The summed E-state index contributed by atoms with van der Waals surface area (Å²) in [5.41, 5.74) is 1.11. The zero-order chi connectivity index (χ0) is 16.6. The Hall–Kier alpha value is -2.80. The minimum absolute atomic E-state index is 0.0582. The molecule has 0 fully saturated rings. The Bertz CT molecular complexity index is 851. The number of rotatable bonds is 4. The van der Waals surface area contributed by atoms with Gasteiger partial charge in [-0.1, -0.05) is 0 Å². The number of ketones is 1. The van der Waals surface area contributed by atoms with Gasteiger partial charge < -0.3 is 14.9 Å². The van der Waals surface area contributed by atoms with Crippen molar-refractivity contribution in [3.05, 3.63) is 41.4 Å². The van der Waals surface area contributed by atoms with E-state index in [9.17, 15) is 15.0 Å². The Morgan fingerprint density at radius 1 is 1.26 bits per heavy atom. The van der Waals surface area contributed by atoms with Crippen molar-refractivity contribution >= 4 is 17.1 Å². The molecule has 0 saturated carbocycles. The molecule has 23 heavy (non-hydrogen) atoms. The Balaban J connectivity index is 2.32. The fourth-order valence-electron chi connectivity index (χ4n) is 2.42. The van der Waals surface area contributed by atoms with E-state index in [0.29, 0.717) is 22.1 Å². The fraction of sp³-hybridized carbons (Fsp3) is 0.125. The number of Topliss-reactive ketones (excluding diaryl/α,β-unsaturated/α-hetero) is 1. The van der Waals surface area contributed by atoms with Crippen molar-refractivity contribution in [2.45, 2.75) is 6.92 Å². The van der Waals surface area contributed by atoms with Crippen molar-refractivity contribution in [2.24, 2.45) is 0 Å². The van der Waals surface area contributed by atoms with E-state index in [1.807, 2.05) is 0 Å². The first kappa shape index (κ1) is 15.1. The number of methoxy groups -OCH3 is 1. The van der Waals surface area contributed by atoms with Crippen LogP contribution >= 0.6 is 11.3 Å². The predicted octanol–water partition coefficient (Wildman–Crippen LogP) is 3.22. The lowest BCUT2D eigenvalue weighted by Gasteiger charge is -2.09. The highest BCUT2D eigenvalue weighted by Gasteiger charge is 2.28. The first-order chi connectivity index (χ1) is 11.0. The molecule has 2 N–H and O–H groups in total. The summed E-state index contributed by atoms with van der Waals surface area (Å²) in [7, 11) is 1.56. The average Bonchev–Trinajstić information content (AvgIpc) is 3.15. The van der Waals surface area contributed by atoms with Crippen LogP contribution in [0.25, 0.3) is 16.4 Å². The minimum Gasteiger partial charge on any atom is -0.503 e. The summed E-state index contributed by atoms with van der Waals surface area (Å²) in [6.07, 6.45) is 1.59. The molecular formula is C16H14N2O4S. The van der Waals surface area contributed by atoms with E-state index < -0.39 is 11.6 Å². The molecule has 1 aromatic carbocycles. The number of thiazole rings is 1. The van der Waals surface area contributed by atoms with Crippen LogP contribution in [-0.2, 0) is 0 Å². The topological polar surface area (TPSA) is 84.6 Å². The molecule has 0 radical (unpaired) electrons. The van der Waals surface area contributed by atoms with Crippen LogP contribution in [-0.4, -0.2) is 32.7 Å². The highest BCUT2D eigenvalue weighted by Crippen LogP contribution is 2.43. The maximum atomic E-state index is 12.0. The van der Waals surface area contributed by atoms with Gasteiger partial charge in [-0.2, -0.15) is 0 Å². The number of ether oxygens (including phenoxy) is 1. The highest BCUT2D eigenvalue weighted by molar-refractivity contribution is 7.12. The van der Waals surface area contributed by atoms with Gasteiger partial charge in [-0.15, -0.1) is 11.3 Å². The largest absolute Gasteiger partial charge is 0.503 e. The summed E-state index contributed by atoms with van der Waals surface area (Å²) < 4.78 is 6.50. The molecule has 0 spiro atoms. The molecule has 2 aromatic heterocycles. The predicted molar refractivity (Wildman–Crippen MR) is 86.8 cm³/mol. The standard InChI is InChI=1S/C16H14N2O4S/c1-9(19)12-13(10-3-5-11(22-2)6-4-10)18(15(21)14(12)20)16-17-7-8-23-16/h3-8,20-21H,1-2H3. The molecule has 0 unspecified atom stereocenters. The molecule has 7 heteroatoms.